The van der Waals surface area contributed by atoms with Gasteiger partial charge < -0.3 is 5.73 Å². The first kappa shape index (κ1) is 20.4. The summed E-state index contributed by atoms with van der Waals surface area (Å²) in [5.74, 6) is 6.74. The van der Waals surface area contributed by atoms with Gasteiger partial charge in [0.05, 0.1) is 0 Å². The molecule has 3 aliphatic carbocycles. The Morgan fingerprint density at radius 1 is 0.923 bits per heavy atom. The lowest BCUT2D eigenvalue weighted by Crippen LogP contribution is -2.26. The molecule has 0 aromatic rings. The highest BCUT2D eigenvalue weighted by atomic mass is 14.6. The molecule has 2 N–H and O–H groups in total. The number of rotatable bonds is 9. The lowest BCUT2D eigenvalue weighted by molar-refractivity contribution is 0.170. The van der Waals surface area contributed by atoms with Crippen molar-refractivity contribution in [3.63, 3.8) is 0 Å². The van der Waals surface area contributed by atoms with Gasteiger partial charge in [0, 0.05) is 0 Å². The standard InChI is InChI=1S/C25H45N/c1-3-8-19(2)24-16-15-23(25(24)22-10-6-7-11-22)12-5-4-9-20-13-14-21(17-20)18-26/h3,8,19-25H,4-7,9-18,26H2,1-2H3/b8-3-. The molecule has 3 aliphatic rings. The van der Waals surface area contributed by atoms with E-state index in [9.17, 15) is 0 Å². The topological polar surface area (TPSA) is 26.0 Å². The van der Waals surface area contributed by atoms with Gasteiger partial charge in [-0.15, -0.1) is 0 Å². The minimum absolute atomic E-state index is 0.794. The quantitative estimate of drug-likeness (QED) is 0.349. The van der Waals surface area contributed by atoms with Crippen LogP contribution in [0.25, 0.3) is 0 Å². The van der Waals surface area contributed by atoms with Crippen LogP contribution in [-0.2, 0) is 0 Å². The maximum Gasteiger partial charge on any atom is -0.00488 e. The fraction of sp³-hybridized carbons (Fsp3) is 0.920. The molecule has 0 spiro atoms. The largest absolute Gasteiger partial charge is 0.330 e. The summed E-state index contributed by atoms with van der Waals surface area (Å²) in [6.07, 6.45) is 24.1. The maximum atomic E-state index is 5.86. The van der Waals surface area contributed by atoms with E-state index in [1.165, 1.54) is 83.5 Å². The summed E-state index contributed by atoms with van der Waals surface area (Å²) in [7, 11) is 0. The van der Waals surface area contributed by atoms with E-state index in [0.29, 0.717) is 0 Å². The zero-order chi connectivity index (χ0) is 18.4. The molecule has 6 atom stereocenters. The van der Waals surface area contributed by atoms with Gasteiger partial charge in [0.1, 0.15) is 0 Å². The van der Waals surface area contributed by atoms with Crippen molar-refractivity contribution in [2.24, 2.45) is 47.2 Å². The van der Waals surface area contributed by atoms with Gasteiger partial charge in [0.2, 0.25) is 0 Å². The third kappa shape index (κ3) is 5.15. The molecular weight excluding hydrogens is 314 g/mol. The van der Waals surface area contributed by atoms with Crippen LogP contribution in [0.4, 0.5) is 0 Å². The smallest absolute Gasteiger partial charge is 0.00488 e. The number of nitrogens with two attached hydrogens (primary N) is 1. The van der Waals surface area contributed by atoms with E-state index in [1.807, 2.05) is 0 Å². The van der Waals surface area contributed by atoms with Crippen molar-refractivity contribution in [1.82, 2.24) is 0 Å². The first-order valence-electron chi connectivity index (χ1n) is 12.1. The minimum Gasteiger partial charge on any atom is -0.330 e. The van der Waals surface area contributed by atoms with Crippen LogP contribution < -0.4 is 5.73 Å². The molecule has 26 heavy (non-hydrogen) atoms. The summed E-state index contributed by atoms with van der Waals surface area (Å²) in [5, 5.41) is 0. The molecule has 0 bridgehead atoms. The Hall–Kier alpha value is -0.300. The highest BCUT2D eigenvalue weighted by Crippen LogP contribution is 2.51. The van der Waals surface area contributed by atoms with Gasteiger partial charge in [-0.3, -0.25) is 0 Å². The summed E-state index contributed by atoms with van der Waals surface area (Å²) < 4.78 is 0. The fourth-order valence-electron chi connectivity index (χ4n) is 7.11. The predicted molar refractivity (Wildman–Crippen MR) is 114 cm³/mol. The van der Waals surface area contributed by atoms with Gasteiger partial charge in [-0.2, -0.15) is 0 Å². The molecule has 150 valence electrons. The van der Waals surface area contributed by atoms with Crippen LogP contribution in [0.3, 0.4) is 0 Å². The van der Waals surface area contributed by atoms with Crippen molar-refractivity contribution in [2.75, 3.05) is 6.54 Å². The monoisotopic (exact) mass is 359 g/mol. The van der Waals surface area contributed by atoms with Crippen molar-refractivity contribution in [1.29, 1.82) is 0 Å². The zero-order valence-electron chi connectivity index (χ0n) is 17.7. The van der Waals surface area contributed by atoms with Gasteiger partial charge in [0.15, 0.2) is 0 Å². The van der Waals surface area contributed by atoms with Crippen LogP contribution in [0.5, 0.6) is 0 Å². The maximum absolute atomic E-state index is 5.86. The molecule has 0 aliphatic heterocycles. The number of hydrogen-bond acceptors (Lipinski definition) is 1. The Morgan fingerprint density at radius 2 is 1.65 bits per heavy atom. The molecule has 0 aromatic carbocycles. The molecule has 1 nitrogen and oxygen atoms in total. The highest BCUT2D eigenvalue weighted by molar-refractivity contribution is 4.97. The molecule has 6 unspecified atom stereocenters. The first-order valence-corrected chi connectivity index (χ1v) is 12.1. The van der Waals surface area contributed by atoms with Gasteiger partial charge in [0.25, 0.3) is 0 Å². The Morgan fingerprint density at radius 3 is 2.35 bits per heavy atom. The average molecular weight is 360 g/mol. The number of hydrogen-bond donors (Lipinski definition) is 1. The molecule has 0 amide bonds. The second kappa shape index (κ2) is 10.3. The van der Waals surface area contributed by atoms with Crippen molar-refractivity contribution >= 4 is 0 Å². The molecule has 3 fully saturated rings. The van der Waals surface area contributed by atoms with Gasteiger partial charge >= 0.3 is 0 Å². The van der Waals surface area contributed by atoms with Crippen LogP contribution >= 0.6 is 0 Å². The van der Waals surface area contributed by atoms with Crippen molar-refractivity contribution in [3.8, 4) is 0 Å². The molecule has 1 heteroatoms. The van der Waals surface area contributed by atoms with Crippen LogP contribution in [-0.4, -0.2) is 6.54 Å². The first-order chi connectivity index (χ1) is 12.7. The summed E-state index contributed by atoms with van der Waals surface area (Å²) in [6.45, 7) is 5.61. The van der Waals surface area contributed by atoms with E-state index in [2.05, 4.69) is 26.0 Å². The second-order valence-corrected chi connectivity index (χ2v) is 10.1. The van der Waals surface area contributed by atoms with E-state index in [4.69, 9.17) is 5.73 Å². The van der Waals surface area contributed by atoms with Crippen LogP contribution in [0, 0.1) is 41.4 Å². The van der Waals surface area contributed by atoms with Crippen LogP contribution in [0.15, 0.2) is 12.2 Å². The van der Waals surface area contributed by atoms with E-state index >= 15 is 0 Å². The van der Waals surface area contributed by atoms with E-state index in [0.717, 1.165) is 48.0 Å². The third-order valence-corrected chi connectivity index (χ3v) is 8.45. The lowest BCUT2D eigenvalue weighted by atomic mass is 9.72. The Labute approximate surface area is 163 Å². The summed E-state index contributed by atoms with van der Waals surface area (Å²) in [5.41, 5.74) is 5.86. The highest BCUT2D eigenvalue weighted by Gasteiger charge is 2.42. The number of unbranched alkanes of at least 4 members (excludes halogenated alkanes) is 1. The van der Waals surface area contributed by atoms with Gasteiger partial charge in [-0.05, 0) is 80.6 Å². The van der Waals surface area contributed by atoms with Crippen LogP contribution in [0.1, 0.15) is 97.3 Å². The molecule has 3 saturated carbocycles. The zero-order valence-corrected chi connectivity index (χ0v) is 17.7. The number of allylic oxidation sites excluding steroid dienone is 2. The predicted octanol–water partition coefficient (Wildman–Crippen LogP) is 6.97. The Kier molecular flexibility index (Phi) is 8.10. The molecule has 0 aromatic heterocycles. The lowest BCUT2D eigenvalue weighted by Gasteiger charge is -2.33. The Balaban J connectivity index is 1.46. The Bertz CT molecular complexity index is 422. The van der Waals surface area contributed by atoms with Gasteiger partial charge in [-0.25, -0.2) is 0 Å². The SMILES string of the molecule is C/C=C\C(C)C1CCC(CCCCC2CCC(CN)C2)C1C1CCCC1. The molecule has 0 radical (unpaired) electrons. The third-order valence-electron chi connectivity index (χ3n) is 8.45. The summed E-state index contributed by atoms with van der Waals surface area (Å²) in [4.78, 5) is 0. The molecular formula is C25H45N. The van der Waals surface area contributed by atoms with E-state index < -0.39 is 0 Å². The van der Waals surface area contributed by atoms with Crippen molar-refractivity contribution in [3.05, 3.63) is 12.2 Å². The van der Waals surface area contributed by atoms with E-state index in [-0.39, 0.29) is 0 Å². The summed E-state index contributed by atoms with van der Waals surface area (Å²) >= 11 is 0. The molecule has 0 heterocycles. The van der Waals surface area contributed by atoms with Gasteiger partial charge in [-0.1, -0.05) is 76.9 Å². The normalized spacial score (nSPS) is 37.1. The minimum atomic E-state index is 0.794. The molecule has 0 saturated heterocycles. The van der Waals surface area contributed by atoms with E-state index in [1.54, 1.807) is 0 Å². The fourth-order valence-corrected chi connectivity index (χ4v) is 7.11. The van der Waals surface area contributed by atoms with Crippen molar-refractivity contribution < 1.29 is 0 Å². The van der Waals surface area contributed by atoms with Crippen LogP contribution in [0.2, 0.25) is 0 Å². The second-order valence-electron chi connectivity index (χ2n) is 10.1. The molecule has 3 rings (SSSR count). The van der Waals surface area contributed by atoms with Crippen molar-refractivity contribution in [2.45, 2.75) is 97.3 Å². The summed E-state index contributed by atoms with van der Waals surface area (Å²) in [6, 6.07) is 0. The average Bonchev–Trinajstić information content (AvgIpc) is 3.38.